The molecule has 8 heteroatoms. The predicted octanol–water partition coefficient (Wildman–Crippen LogP) is 4.14. The quantitative estimate of drug-likeness (QED) is 0.301. The summed E-state index contributed by atoms with van der Waals surface area (Å²) in [6, 6.07) is 13.1. The summed E-state index contributed by atoms with van der Waals surface area (Å²) >= 11 is 11.7. The minimum Gasteiger partial charge on any atom is -0.383 e. The van der Waals surface area contributed by atoms with Crippen LogP contribution in [0, 0.1) is 6.92 Å². The van der Waals surface area contributed by atoms with Gasteiger partial charge in [0.05, 0.1) is 34.9 Å². The zero-order valence-electron chi connectivity index (χ0n) is 17.7. The van der Waals surface area contributed by atoms with E-state index in [1.807, 2.05) is 54.9 Å². The second-order valence-electron chi connectivity index (χ2n) is 7.17. The van der Waals surface area contributed by atoms with Crippen LogP contribution >= 0.6 is 23.8 Å². The number of halogens is 1. The number of rotatable bonds is 8. The topological polar surface area (TPSA) is 68.2 Å². The fourth-order valence-corrected chi connectivity index (χ4v) is 3.54. The first-order valence-electron chi connectivity index (χ1n) is 9.83. The maximum atomic E-state index is 12.9. The Balaban J connectivity index is 1.69. The normalized spacial score (nSPS) is 10.7. The molecule has 0 unspecified atom stereocenters. The van der Waals surface area contributed by atoms with Crippen LogP contribution in [-0.2, 0) is 18.2 Å². The van der Waals surface area contributed by atoms with Crippen molar-refractivity contribution in [3.8, 4) is 0 Å². The molecule has 0 saturated carbocycles. The number of pyridine rings is 1. The predicted molar refractivity (Wildman–Crippen MR) is 128 cm³/mol. The van der Waals surface area contributed by atoms with Crippen molar-refractivity contribution in [2.75, 3.05) is 25.6 Å². The Hall–Kier alpha value is -2.74. The zero-order chi connectivity index (χ0) is 22.4. The Kier molecular flexibility index (Phi) is 7.79. The smallest absolute Gasteiger partial charge is 0.209 e. The molecule has 3 rings (SSSR count). The van der Waals surface area contributed by atoms with Gasteiger partial charge in [0.25, 0.3) is 0 Å². The standard InChI is InChI=1S/C23H25ClN4O2S/c1-15-4-6-16(7-5-15)22(29)21-9-8-18(28(21)2)13-20-19(24)12-17(14-26-20)27-23(31)25-10-11-30-3/h4-9,12,14H,10-11,13H2,1-3H3,(H2,25,27,31). The Morgan fingerprint density at radius 3 is 2.65 bits per heavy atom. The minimum absolute atomic E-state index is 0.0122. The number of nitrogens with one attached hydrogen (secondary N) is 2. The van der Waals surface area contributed by atoms with Crippen molar-refractivity contribution in [3.63, 3.8) is 0 Å². The Labute approximate surface area is 192 Å². The van der Waals surface area contributed by atoms with Crippen LogP contribution in [0.5, 0.6) is 0 Å². The van der Waals surface area contributed by atoms with Gasteiger partial charge in [-0.05, 0) is 37.3 Å². The van der Waals surface area contributed by atoms with Gasteiger partial charge in [0.15, 0.2) is 5.11 Å². The van der Waals surface area contributed by atoms with E-state index in [-0.39, 0.29) is 5.78 Å². The Morgan fingerprint density at radius 1 is 1.23 bits per heavy atom. The van der Waals surface area contributed by atoms with Crippen molar-refractivity contribution in [2.24, 2.45) is 7.05 Å². The molecule has 0 amide bonds. The lowest BCUT2D eigenvalue weighted by Gasteiger charge is -2.12. The largest absolute Gasteiger partial charge is 0.383 e. The lowest BCUT2D eigenvalue weighted by Crippen LogP contribution is -2.31. The maximum Gasteiger partial charge on any atom is 0.209 e. The molecule has 2 N–H and O–H groups in total. The average molecular weight is 457 g/mol. The number of carbonyl (C=O) groups is 1. The number of carbonyl (C=O) groups excluding carboxylic acids is 1. The highest BCUT2D eigenvalue weighted by Crippen LogP contribution is 2.22. The van der Waals surface area contributed by atoms with Crippen LogP contribution in [0.2, 0.25) is 5.02 Å². The molecule has 3 aromatic rings. The number of nitrogens with zero attached hydrogens (tertiary/aromatic N) is 2. The second kappa shape index (κ2) is 10.5. The molecule has 2 heterocycles. The summed E-state index contributed by atoms with van der Waals surface area (Å²) in [7, 11) is 3.51. The molecule has 31 heavy (non-hydrogen) atoms. The maximum absolute atomic E-state index is 12.9. The van der Waals surface area contributed by atoms with Gasteiger partial charge in [-0.25, -0.2) is 0 Å². The number of hydrogen-bond acceptors (Lipinski definition) is 4. The molecule has 0 fully saturated rings. The number of benzene rings is 1. The van der Waals surface area contributed by atoms with Gasteiger partial charge in [-0.3, -0.25) is 9.78 Å². The summed E-state index contributed by atoms with van der Waals surface area (Å²) < 4.78 is 6.87. The molecule has 6 nitrogen and oxygen atoms in total. The molecular formula is C23H25ClN4O2S. The third-order valence-corrected chi connectivity index (χ3v) is 5.46. The highest BCUT2D eigenvalue weighted by Gasteiger charge is 2.16. The fraction of sp³-hybridized carbons (Fsp3) is 0.261. The van der Waals surface area contributed by atoms with Crippen LogP contribution in [-0.4, -0.2) is 40.7 Å². The minimum atomic E-state index is -0.0122. The van der Waals surface area contributed by atoms with E-state index < -0.39 is 0 Å². The summed E-state index contributed by atoms with van der Waals surface area (Å²) in [5, 5.41) is 7.09. The van der Waals surface area contributed by atoms with Crippen LogP contribution in [0.1, 0.15) is 33.0 Å². The lowest BCUT2D eigenvalue weighted by molar-refractivity contribution is 0.103. The van der Waals surface area contributed by atoms with Crippen LogP contribution in [0.4, 0.5) is 5.69 Å². The summed E-state index contributed by atoms with van der Waals surface area (Å²) in [5.74, 6) is -0.0122. The monoisotopic (exact) mass is 456 g/mol. The SMILES string of the molecule is COCCNC(=S)Nc1cnc(Cc2ccc(C(=O)c3ccc(C)cc3)n2C)c(Cl)c1. The molecule has 162 valence electrons. The van der Waals surface area contributed by atoms with E-state index >= 15 is 0 Å². The molecule has 0 atom stereocenters. The fourth-order valence-electron chi connectivity index (χ4n) is 3.09. The van der Waals surface area contributed by atoms with Crippen LogP contribution in [0.25, 0.3) is 0 Å². The van der Waals surface area contributed by atoms with Gasteiger partial charge in [0.1, 0.15) is 0 Å². The van der Waals surface area contributed by atoms with Crippen LogP contribution in [0.3, 0.4) is 0 Å². The number of aryl methyl sites for hydroxylation is 1. The van der Waals surface area contributed by atoms with Crippen LogP contribution < -0.4 is 10.6 Å². The van der Waals surface area contributed by atoms with Gasteiger partial charge in [0.2, 0.25) is 5.78 Å². The van der Waals surface area contributed by atoms with Crippen molar-refractivity contribution in [2.45, 2.75) is 13.3 Å². The van der Waals surface area contributed by atoms with E-state index in [1.165, 1.54) is 0 Å². The average Bonchev–Trinajstić information content (AvgIpc) is 3.10. The van der Waals surface area contributed by atoms with E-state index in [9.17, 15) is 4.79 Å². The van der Waals surface area contributed by atoms with Crippen molar-refractivity contribution >= 4 is 40.4 Å². The molecule has 0 radical (unpaired) electrons. The molecule has 0 aliphatic rings. The van der Waals surface area contributed by atoms with Crippen LogP contribution in [0.15, 0.2) is 48.7 Å². The van der Waals surface area contributed by atoms with Gasteiger partial charge >= 0.3 is 0 Å². The number of ether oxygens (including phenoxy) is 1. The van der Waals surface area contributed by atoms with Gasteiger partial charge in [-0.15, -0.1) is 0 Å². The van der Waals surface area contributed by atoms with E-state index in [0.717, 1.165) is 17.0 Å². The number of aromatic nitrogens is 2. The van der Waals surface area contributed by atoms with Crippen molar-refractivity contribution in [3.05, 3.63) is 81.9 Å². The number of anilines is 1. The van der Waals surface area contributed by atoms with Gasteiger partial charge in [-0.1, -0.05) is 41.4 Å². The number of hydrogen-bond donors (Lipinski definition) is 2. The molecule has 0 aliphatic heterocycles. The van der Waals surface area contributed by atoms with Crippen molar-refractivity contribution in [1.29, 1.82) is 0 Å². The van der Waals surface area contributed by atoms with Gasteiger partial charge in [0, 0.05) is 38.4 Å². The molecule has 1 aromatic carbocycles. The Bertz CT molecular complexity index is 1080. The number of ketones is 1. The highest BCUT2D eigenvalue weighted by atomic mass is 35.5. The number of methoxy groups -OCH3 is 1. The zero-order valence-corrected chi connectivity index (χ0v) is 19.3. The Morgan fingerprint density at radius 2 is 1.97 bits per heavy atom. The first-order valence-corrected chi connectivity index (χ1v) is 10.6. The van der Waals surface area contributed by atoms with E-state index in [4.69, 9.17) is 28.6 Å². The summed E-state index contributed by atoms with van der Waals surface area (Å²) in [6.07, 6.45) is 2.19. The molecule has 2 aromatic heterocycles. The van der Waals surface area contributed by atoms with Gasteiger partial charge < -0.3 is 19.9 Å². The van der Waals surface area contributed by atoms with E-state index in [1.54, 1.807) is 19.4 Å². The molecule has 0 spiro atoms. The second-order valence-corrected chi connectivity index (χ2v) is 7.98. The molecule has 0 aliphatic carbocycles. The third-order valence-electron chi connectivity index (χ3n) is 4.89. The molecular weight excluding hydrogens is 432 g/mol. The first-order chi connectivity index (χ1) is 14.9. The summed E-state index contributed by atoms with van der Waals surface area (Å²) in [4.78, 5) is 17.3. The lowest BCUT2D eigenvalue weighted by atomic mass is 10.1. The van der Waals surface area contributed by atoms with Crippen molar-refractivity contribution < 1.29 is 9.53 Å². The summed E-state index contributed by atoms with van der Waals surface area (Å²) in [5.41, 5.74) is 4.78. The van der Waals surface area contributed by atoms with Crippen molar-refractivity contribution in [1.82, 2.24) is 14.9 Å². The van der Waals surface area contributed by atoms with Gasteiger partial charge in [-0.2, -0.15) is 0 Å². The first kappa shape index (κ1) is 22.9. The number of thiocarbonyl (C=S) groups is 1. The molecule has 0 saturated heterocycles. The third kappa shape index (κ3) is 5.91. The van der Waals surface area contributed by atoms with E-state index in [2.05, 4.69) is 15.6 Å². The summed E-state index contributed by atoms with van der Waals surface area (Å²) in [6.45, 7) is 3.17. The van der Waals surface area contributed by atoms with E-state index in [0.29, 0.717) is 46.7 Å². The molecule has 0 bridgehead atoms. The highest BCUT2D eigenvalue weighted by molar-refractivity contribution is 7.80.